The number of nitrogens with zero attached hydrogens (tertiary/aromatic N) is 2. The average molecular weight is 757 g/mol. The Balaban J connectivity index is 1.13. The summed E-state index contributed by atoms with van der Waals surface area (Å²) in [4.78, 5) is 0. The molecule has 0 aliphatic carbocycles. The van der Waals surface area contributed by atoms with E-state index in [1.165, 1.54) is 81.0 Å². The van der Waals surface area contributed by atoms with Crippen LogP contribution < -0.4 is 20.7 Å². The molecule has 0 fully saturated rings. The Labute approximate surface area is 339 Å². The molecule has 0 saturated heterocycles. The van der Waals surface area contributed by atoms with E-state index >= 15 is 0 Å². The van der Waals surface area contributed by atoms with Crippen LogP contribution in [0.2, 0.25) is 0 Å². The van der Waals surface area contributed by atoms with Gasteiger partial charge in [0.15, 0.2) is 8.07 Å². The number of fused-ring (bicyclic) bond motifs is 6. The van der Waals surface area contributed by atoms with Crippen molar-refractivity contribution in [2.24, 2.45) is 0 Å². The quantitative estimate of drug-likeness (QED) is 0.113. The number of aryl methyl sites for hydroxylation is 1. The monoisotopic (exact) mass is 756 g/mol. The molecule has 0 aliphatic heterocycles. The molecule has 2 nitrogen and oxygen atoms in total. The molecule has 0 unspecified atom stereocenters. The molecule has 2 heterocycles. The maximum atomic E-state index is 2.48. The Morgan fingerprint density at radius 1 is 0.328 bits per heavy atom. The second-order valence-corrected chi connectivity index (χ2v) is 19.2. The Morgan fingerprint density at radius 2 is 0.845 bits per heavy atom. The van der Waals surface area contributed by atoms with Crippen LogP contribution in [-0.2, 0) is 0 Å². The fourth-order valence-electron chi connectivity index (χ4n) is 9.62. The van der Waals surface area contributed by atoms with Gasteiger partial charge < -0.3 is 9.13 Å². The number of aromatic nitrogens is 2. The fourth-order valence-corrected chi connectivity index (χ4v) is 14.4. The van der Waals surface area contributed by atoms with Gasteiger partial charge in [0.25, 0.3) is 0 Å². The zero-order valence-corrected chi connectivity index (χ0v) is 33.3. The van der Waals surface area contributed by atoms with Gasteiger partial charge in [-0.3, -0.25) is 0 Å². The predicted octanol–water partition coefficient (Wildman–Crippen LogP) is 11.2. The first-order valence-corrected chi connectivity index (χ1v) is 22.1. The molecule has 274 valence electrons. The lowest BCUT2D eigenvalue weighted by atomic mass is 10.0. The van der Waals surface area contributed by atoms with E-state index in [0.29, 0.717) is 0 Å². The van der Waals surface area contributed by atoms with Gasteiger partial charge in [0.2, 0.25) is 0 Å². The third kappa shape index (κ3) is 5.24. The topological polar surface area (TPSA) is 9.86 Å². The van der Waals surface area contributed by atoms with Gasteiger partial charge in [0.1, 0.15) is 0 Å². The van der Waals surface area contributed by atoms with Gasteiger partial charge in [-0.2, -0.15) is 0 Å². The second kappa shape index (κ2) is 13.8. The van der Waals surface area contributed by atoms with Crippen molar-refractivity contribution in [2.75, 3.05) is 0 Å². The normalized spacial score (nSPS) is 11.9. The maximum absolute atomic E-state index is 2.72. The Morgan fingerprint density at radius 3 is 1.52 bits per heavy atom. The first-order valence-electron chi connectivity index (χ1n) is 20.1. The van der Waals surface area contributed by atoms with E-state index in [2.05, 4.69) is 241 Å². The lowest BCUT2D eigenvalue weighted by molar-refractivity contribution is 1.16. The van der Waals surface area contributed by atoms with Crippen molar-refractivity contribution in [1.29, 1.82) is 0 Å². The fraction of sp³-hybridized carbons (Fsp3) is 0.0182. The molecule has 0 amide bonds. The van der Waals surface area contributed by atoms with Crippen molar-refractivity contribution in [1.82, 2.24) is 9.13 Å². The van der Waals surface area contributed by atoms with E-state index in [4.69, 9.17) is 0 Å². The lowest BCUT2D eigenvalue weighted by Crippen LogP contribution is -2.74. The molecule has 0 aliphatic rings. The molecule has 3 heteroatoms. The minimum Gasteiger partial charge on any atom is -0.309 e. The van der Waals surface area contributed by atoms with Crippen LogP contribution in [0.4, 0.5) is 0 Å². The molecule has 2 aromatic heterocycles. The number of rotatable bonds is 7. The molecular formula is C55H40N2Si. The smallest absolute Gasteiger partial charge is 0.179 e. The van der Waals surface area contributed by atoms with Gasteiger partial charge in [0, 0.05) is 32.8 Å². The summed E-state index contributed by atoms with van der Waals surface area (Å²) in [5.74, 6) is 0. The average Bonchev–Trinajstić information content (AvgIpc) is 3.80. The van der Waals surface area contributed by atoms with Crippen LogP contribution in [0.3, 0.4) is 0 Å². The van der Waals surface area contributed by atoms with Crippen LogP contribution in [0, 0.1) is 6.92 Å². The summed E-state index contributed by atoms with van der Waals surface area (Å²) in [5.41, 5.74) is 10.8. The van der Waals surface area contributed by atoms with Gasteiger partial charge in [-0.25, -0.2) is 0 Å². The highest BCUT2D eigenvalue weighted by Crippen LogP contribution is 2.39. The summed E-state index contributed by atoms with van der Waals surface area (Å²) in [6, 6.07) is 83.3. The van der Waals surface area contributed by atoms with E-state index in [9.17, 15) is 0 Å². The Kier molecular flexibility index (Phi) is 8.09. The molecule has 0 N–H and O–H groups in total. The van der Waals surface area contributed by atoms with Crippen LogP contribution in [0.1, 0.15) is 5.56 Å². The van der Waals surface area contributed by atoms with Crippen molar-refractivity contribution in [2.45, 2.75) is 6.92 Å². The van der Waals surface area contributed by atoms with E-state index < -0.39 is 8.07 Å². The first kappa shape index (κ1) is 34.1. The number of hydrogen-bond acceptors (Lipinski definition) is 0. The minimum absolute atomic E-state index is 1.16. The SMILES string of the molecule is Cc1ccc2c3ccccc3n(-c3ccc4c(c3)c3ccccc3n4-c3ccccc3-c3cccc([Si](c4ccccc4)(c4ccccc4)c4ccccc4)c3)c2c1. The van der Waals surface area contributed by atoms with Crippen molar-refractivity contribution in [3.05, 3.63) is 230 Å². The molecule has 11 rings (SSSR count). The lowest BCUT2D eigenvalue weighted by Gasteiger charge is -2.34. The highest BCUT2D eigenvalue weighted by Gasteiger charge is 2.41. The van der Waals surface area contributed by atoms with Gasteiger partial charge in [-0.1, -0.05) is 182 Å². The number of benzene rings is 9. The maximum Gasteiger partial charge on any atom is 0.179 e. The van der Waals surface area contributed by atoms with Crippen molar-refractivity contribution in [3.63, 3.8) is 0 Å². The van der Waals surface area contributed by atoms with Crippen LogP contribution in [0.25, 0.3) is 66.1 Å². The second-order valence-electron chi connectivity index (χ2n) is 15.4. The zero-order chi connectivity index (χ0) is 38.6. The Hall–Kier alpha value is -7.20. The van der Waals surface area contributed by atoms with E-state index in [-0.39, 0.29) is 0 Å². The summed E-state index contributed by atoms with van der Waals surface area (Å²) in [7, 11) is -2.72. The minimum atomic E-state index is -2.72. The third-order valence-electron chi connectivity index (χ3n) is 12.1. The van der Waals surface area contributed by atoms with Crippen LogP contribution >= 0.6 is 0 Å². The molecule has 0 bridgehead atoms. The van der Waals surface area contributed by atoms with E-state index in [0.717, 1.165) is 11.4 Å². The van der Waals surface area contributed by atoms with E-state index in [1.807, 2.05) is 0 Å². The summed E-state index contributed by atoms with van der Waals surface area (Å²) in [5, 5.41) is 10.5. The molecule has 9 aromatic carbocycles. The van der Waals surface area contributed by atoms with Crippen molar-refractivity contribution >= 4 is 72.4 Å². The van der Waals surface area contributed by atoms with Crippen LogP contribution in [0.5, 0.6) is 0 Å². The van der Waals surface area contributed by atoms with Gasteiger partial charge in [0.05, 0.1) is 27.8 Å². The summed E-state index contributed by atoms with van der Waals surface area (Å²) in [6.45, 7) is 2.18. The summed E-state index contributed by atoms with van der Waals surface area (Å²) in [6.07, 6.45) is 0. The van der Waals surface area contributed by atoms with Crippen molar-refractivity contribution < 1.29 is 0 Å². The molecule has 58 heavy (non-hydrogen) atoms. The Bertz CT molecular complexity index is 3190. The highest BCUT2D eigenvalue weighted by atomic mass is 28.3. The summed E-state index contributed by atoms with van der Waals surface area (Å²) >= 11 is 0. The highest BCUT2D eigenvalue weighted by molar-refractivity contribution is 7.19. The number of para-hydroxylation sites is 3. The largest absolute Gasteiger partial charge is 0.309 e. The first-order chi connectivity index (χ1) is 28.7. The standard InChI is InChI=1S/C55H40N2Si/c1-39-32-34-49-47-27-12-15-30-52(47)56(55(49)36-39)41-33-35-54-50(38-41)48-28-13-16-31-53(48)57(54)51-29-14-11-26-46(51)40-18-17-25-45(37-40)58(42-19-5-2-6-20-42,43-21-7-3-8-22-43)44-23-9-4-10-24-44/h2-38H,1H3. The molecular weight excluding hydrogens is 717 g/mol. The molecule has 0 atom stereocenters. The molecule has 11 aromatic rings. The molecule has 0 spiro atoms. The third-order valence-corrected chi connectivity index (χ3v) is 16.9. The summed E-state index contributed by atoms with van der Waals surface area (Å²) < 4.78 is 4.91. The van der Waals surface area contributed by atoms with Gasteiger partial charge >= 0.3 is 0 Å². The molecule has 0 saturated carbocycles. The van der Waals surface area contributed by atoms with Gasteiger partial charge in [-0.05, 0) is 81.3 Å². The molecule has 0 radical (unpaired) electrons. The predicted molar refractivity (Wildman–Crippen MR) is 249 cm³/mol. The zero-order valence-electron chi connectivity index (χ0n) is 32.3. The van der Waals surface area contributed by atoms with Gasteiger partial charge in [-0.15, -0.1) is 0 Å². The van der Waals surface area contributed by atoms with Crippen LogP contribution in [0.15, 0.2) is 224 Å². The van der Waals surface area contributed by atoms with Crippen molar-refractivity contribution in [3.8, 4) is 22.5 Å². The number of hydrogen-bond donors (Lipinski definition) is 0. The van der Waals surface area contributed by atoms with Crippen LogP contribution in [-0.4, -0.2) is 17.2 Å². The van der Waals surface area contributed by atoms with E-state index in [1.54, 1.807) is 0 Å².